The van der Waals surface area contributed by atoms with Crippen molar-refractivity contribution in [3.8, 4) is 0 Å². The number of nitrogens with zero attached hydrogens (tertiary/aromatic N) is 3. The Kier molecular flexibility index (Phi) is 5.61. The summed E-state index contributed by atoms with van der Waals surface area (Å²) in [6, 6.07) is 9.10. The standard InChI is InChI=1S/C15H22N4S/c1-4-9-19-15(17-11-18-19)10-20-14-7-5-13(6-8-14)12(2)16-3/h5-8,11-12,16H,4,9-10H2,1-3H3. The molecule has 0 aliphatic carbocycles. The average molecular weight is 290 g/mol. The number of hydrogen-bond acceptors (Lipinski definition) is 4. The van der Waals surface area contributed by atoms with Gasteiger partial charge in [0.15, 0.2) is 0 Å². The fraction of sp³-hybridized carbons (Fsp3) is 0.467. The molecule has 0 radical (unpaired) electrons. The van der Waals surface area contributed by atoms with Crippen LogP contribution in [0, 0.1) is 0 Å². The number of hydrogen-bond donors (Lipinski definition) is 1. The van der Waals surface area contributed by atoms with Gasteiger partial charge in [-0.2, -0.15) is 5.10 Å². The van der Waals surface area contributed by atoms with E-state index in [0.29, 0.717) is 6.04 Å². The third-order valence-electron chi connectivity index (χ3n) is 3.31. The topological polar surface area (TPSA) is 42.7 Å². The van der Waals surface area contributed by atoms with E-state index in [1.165, 1.54) is 10.5 Å². The molecule has 1 unspecified atom stereocenters. The van der Waals surface area contributed by atoms with Crippen LogP contribution in [-0.2, 0) is 12.3 Å². The minimum absolute atomic E-state index is 0.390. The molecule has 0 saturated carbocycles. The number of nitrogens with one attached hydrogen (secondary N) is 1. The average Bonchev–Trinajstić information content (AvgIpc) is 2.92. The zero-order valence-corrected chi connectivity index (χ0v) is 13.2. The maximum atomic E-state index is 4.33. The largest absolute Gasteiger partial charge is 0.313 e. The Hall–Kier alpha value is -1.33. The Morgan fingerprint density at radius 1 is 1.30 bits per heavy atom. The van der Waals surface area contributed by atoms with Crippen LogP contribution in [0.25, 0.3) is 0 Å². The second kappa shape index (κ2) is 7.45. The molecule has 2 rings (SSSR count). The van der Waals surface area contributed by atoms with Crippen molar-refractivity contribution < 1.29 is 0 Å². The summed E-state index contributed by atoms with van der Waals surface area (Å²) in [5, 5.41) is 7.50. The molecule has 1 atom stereocenters. The molecule has 1 aromatic heterocycles. The van der Waals surface area contributed by atoms with E-state index in [4.69, 9.17) is 0 Å². The van der Waals surface area contributed by atoms with E-state index >= 15 is 0 Å². The first-order chi connectivity index (χ1) is 9.74. The minimum Gasteiger partial charge on any atom is -0.313 e. The van der Waals surface area contributed by atoms with Crippen molar-refractivity contribution >= 4 is 11.8 Å². The van der Waals surface area contributed by atoms with Gasteiger partial charge in [0.25, 0.3) is 0 Å². The summed E-state index contributed by atoms with van der Waals surface area (Å²) in [5.41, 5.74) is 1.31. The van der Waals surface area contributed by atoms with Gasteiger partial charge in [0.05, 0.1) is 5.75 Å². The Morgan fingerprint density at radius 2 is 2.05 bits per heavy atom. The first-order valence-electron chi connectivity index (χ1n) is 7.01. The van der Waals surface area contributed by atoms with Crippen LogP contribution in [0.3, 0.4) is 0 Å². The highest BCUT2D eigenvalue weighted by atomic mass is 32.2. The van der Waals surface area contributed by atoms with Crippen molar-refractivity contribution in [2.75, 3.05) is 7.05 Å². The number of aromatic nitrogens is 3. The van der Waals surface area contributed by atoms with E-state index in [1.54, 1.807) is 18.1 Å². The predicted molar refractivity (Wildman–Crippen MR) is 83.8 cm³/mol. The Labute approximate surface area is 125 Å². The van der Waals surface area contributed by atoms with Gasteiger partial charge in [-0.1, -0.05) is 19.1 Å². The maximum Gasteiger partial charge on any atom is 0.138 e. The second-order valence-electron chi connectivity index (χ2n) is 4.77. The molecular formula is C15H22N4S. The first-order valence-corrected chi connectivity index (χ1v) is 7.99. The van der Waals surface area contributed by atoms with Gasteiger partial charge in [-0.05, 0) is 38.1 Å². The lowest BCUT2D eigenvalue weighted by molar-refractivity contribution is 0.581. The fourth-order valence-electron chi connectivity index (χ4n) is 1.97. The number of benzene rings is 1. The summed E-state index contributed by atoms with van der Waals surface area (Å²) in [6.45, 7) is 5.25. The summed E-state index contributed by atoms with van der Waals surface area (Å²) in [5.74, 6) is 1.91. The lowest BCUT2D eigenvalue weighted by Gasteiger charge is -2.11. The van der Waals surface area contributed by atoms with Gasteiger partial charge in [-0.25, -0.2) is 9.67 Å². The van der Waals surface area contributed by atoms with Crippen LogP contribution in [0.4, 0.5) is 0 Å². The van der Waals surface area contributed by atoms with Gasteiger partial charge < -0.3 is 5.32 Å². The Balaban J connectivity index is 1.95. The molecule has 0 aliphatic rings. The van der Waals surface area contributed by atoms with Gasteiger partial charge in [0, 0.05) is 17.5 Å². The van der Waals surface area contributed by atoms with E-state index in [9.17, 15) is 0 Å². The van der Waals surface area contributed by atoms with Crippen molar-refractivity contribution in [1.29, 1.82) is 0 Å². The van der Waals surface area contributed by atoms with Crippen molar-refractivity contribution in [2.45, 2.75) is 43.5 Å². The lowest BCUT2D eigenvalue weighted by atomic mass is 10.1. The minimum atomic E-state index is 0.390. The molecule has 2 aromatic rings. The molecule has 0 spiro atoms. The van der Waals surface area contributed by atoms with E-state index in [-0.39, 0.29) is 0 Å². The molecule has 4 nitrogen and oxygen atoms in total. The first kappa shape index (κ1) is 15.1. The van der Waals surface area contributed by atoms with Gasteiger partial charge in [-0.15, -0.1) is 11.8 Å². The van der Waals surface area contributed by atoms with Crippen molar-refractivity contribution in [3.63, 3.8) is 0 Å². The quantitative estimate of drug-likeness (QED) is 0.795. The molecule has 0 saturated heterocycles. The summed E-state index contributed by atoms with van der Waals surface area (Å²) < 4.78 is 1.99. The van der Waals surface area contributed by atoms with E-state index in [2.05, 4.69) is 53.5 Å². The highest BCUT2D eigenvalue weighted by Gasteiger charge is 2.06. The van der Waals surface area contributed by atoms with Crippen LogP contribution >= 0.6 is 11.8 Å². The highest BCUT2D eigenvalue weighted by Crippen LogP contribution is 2.23. The Bertz CT molecular complexity index is 521. The summed E-state index contributed by atoms with van der Waals surface area (Å²) in [4.78, 5) is 5.60. The van der Waals surface area contributed by atoms with Crippen molar-refractivity contribution in [2.24, 2.45) is 0 Å². The molecule has 1 aromatic carbocycles. The predicted octanol–water partition coefficient (Wildman–Crippen LogP) is 3.26. The summed E-state index contributed by atoms with van der Waals surface area (Å²) >= 11 is 1.80. The van der Waals surface area contributed by atoms with E-state index in [0.717, 1.165) is 24.5 Å². The molecule has 0 bridgehead atoms. The van der Waals surface area contributed by atoms with Gasteiger partial charge in [-0.3, -0.25) is 0 Å². The third kappa shape index (κ3) is 3.84. The fourth-order valence-corrected chi connectivity index (χ4v) is 2.81. The lowest BCUT2D eigenvalue weighted by Crippen LogP contribution is -2.11. The van der Waals surface area contributed by atoms with Gasteiger partial charge in [0.1, 0.15) is 12.2 Å². The van der Waals surface area contributed by atoms with Crippen LogP contribution in [0.15, 0.2) is 35.5 Å². The maximum absolute atomic E-state index is 4.33. The summed E-state index contributed by atoms with van der Waals surface area (Å²) in [7, 11) is 1.98. The summed E-state index contributed by atoms with van der Waals surface area (Å²) in [6.07, 6.45) is 2.72. The van der Waals surface area contributed by atoms with Crippen LogP contribution < -0.4 is 5.32 Å². The molecule has 108 valence electrons. The van der Waals surface area contributed by atoms with Crippen LogP contribution in [0.5, 0.6) is 0 Å². The van der Waals surface area contributed by atoms with Crippen LogP contribution in [0.2, 0.25) is 0 Å². The Morgan fingerprint density at radius 3 is 2.70 bits per heavy atom. The van der Waals surface area contributed by atoms with Crippen LogP contribution in [-0.4, -0.2) is 21.8 Å². The smallest absolute Gasteiger partial charge is 0.138 e. The van der Waals surface area contributed by atoms with E-state index in [1.807, 2.05) is 11.7 Å². The second-order valence-corrected chi connectivity index (χ2v) is 5.82. The van der Waals surface area contributed by atoms with Crippen molar-refractivity contribution in [3.05, 3.63) is 42.0 Å². The van der Waals surface area contributed by atoms with Crippen molar-refractivity contribution in [1.82, 2.24) is 20.1 Å². The molecule has 0 fully saturated rings. The molecule has 5 heteroatoms. The van der Waals surface area contributed by atoms with E-state index < -0.39 is 0 Å². The molecule has 20 heavy (non-hydrogen) atoms. The molecule has 0 aliphatic heterocycles. The number of aryl methyl sites for hydroxylation is 1. The molecule has 1 N–H and O–H groups in total. The number of thioether (sulfide) groups is 1. The highest BCUT2D eigenvalue weighted by molar-refractivity contribution is 7.98. The monoisotopic (exact) mass is 290 g/mol. The molecular weight excluding hydrogens is 268 g/mol. The zero-order valence-electron chi connectivity index (χ0n) is 12.3. The molecule has 0 amide bonds. The van der Waals surface area contributed by atoms with Gasteiger partial charge >= 0.3 is 0 Å². The molecule has 1 heterocycles. The van der Waals surface area contributed by atoms with Crippen LogP contribution in [0.1, 0.15) is 37.7 Å². The van der Waals surface area contributed by atoms with Gasteiger partial charge in [0.2, 0.25) is 0 Å². The normalized spacial score (nSPS) is 12.6. The zero-order chi connectivity index (χ0) is 14.4. The SMILES string of the molecule is CCCn1ncnc1CSc1ccc(C(C)NC)cc1. The third-order valence-corrected chi connectivity index (χ3v) is 4.32. The number of rotatable bonds is 7.